The van der Waals surface area contributed by atoms with Crippen molar-refractivity contribution in [2.45, 2.75) is 48.8 Å². The molecule has 5 aromatic rings. The second kappa shape index (κ2) is 18.8. The Morgan fingerprint density at radius 2 is 1.65 bits per heavy atom. The highest BCUT2D eigenvalue weighted by molar-refractivity contribution is 7.94. The highest BCUT2D eigenvalue weighted by Gasteiger charge is 2.39. The number of sulfonamides is 1. The number of piperidine rings is 1. The summed E-state index contributed by atoms with van der Waals surface area (Å²) in [5.41, 5.74) is 3.46. The van der Waals surface area contributed by atoms with Crippen LogP contribution in [0.1, 0.15) is 36.3 Å². The maximum Gasteiger partial charge on any atom is 0.490 e. The van der Waals surface area contributed by atoms with Gasteiger partial charge in [-0.3, -0.25) is 14.2 Å². The van der Waals surface area contributed by atoms with Crippen molar-refractivity contribution in [1.29, 1.82) is 0 Å². The predicted molar refractivity (Wildman–Crippen MR) is 194 cm³/mol. The first-order valence-corrected chi connectivity index (χ1v) is 19.5. The van der Waals surface area contributed by atoms with E-state index in [-0.39, 0.29) is 6.54 Å². The summed E-state index contributed by atoms with van der Waals surface area (Å²) in [5.74, 6) is -4.98. The van der Waals surface area contributed by atoms with Gasteiger partial charge < -0.3 is 19.9 Å². The van der Waals surface area contributed by atoms with Gasteiger partial charge in [0.1, 0.15) is 9.22 Å². The third-order valence-corrected chi connectivity index (χ3v) is 12.1. The second-order valence-electron chi connectivity index (χ2n) is 11.7. The molecular formula is C34H35F6N5O7S3. The molecule has 0 bridgehead atoms. The van der Waals surface area contributed by atoms with E-state index in [1.165, 1.54) is 26.2 Å². The number of pyridine rings is 1. The molecule has 1 aliphatic heterocycles. The Kier molecular flexibility index (Phi) is 14.8. The van der Waals surface area contributed by atoms with Gasteiger partial charge in [0, 0.05) is 47.4 Å². The largest absolute Gasteiger partial charge is 0.490 e. The van der Waals surface area contributed by atoms with Crippen LogP contribution >= 0.6 is 22.7 Å². The van der Waals surface area contributed by atoms with Crippen LogP contribution in [-0.2, 0) is 30.9 Å². The lowest BCUT2D eigenvalue weighted by atomic mass is 9.93. The molecule has 1 fully saturated rings. The molecular weight excluding hydrogens is 801 g/mol. The van der Waals surface area contributed by atoms with E-state index in [2.05, 4.69) is 33.1 Å². The molecule has 1 aliphatic rings. The maximum absolute atomic E-state index is 13.7. The van der Waals surface area contributed by atoms with Gasteiger partial charge in [-0.25, -0.2) is 23.0 Å². The summed E-state index contributed by atoms with van der Waals surface area (Å²) in [6.07, 6.45) is -4.09. The fraction of sp³-hybridized carbons (Fsp3) is 0.353. The minimum atomic E-state index is -5.08. The summed E-state index contributed by atoms with van der Waals surface area (Å²) in [4.78, 5) is 34.3. The van der Waals surface area contributed by atoms with E-state index < -0.39 is 34.3 Å². The Morgan fingerprint density at radius 1 is 0.982 bits per heavy atom. The molecule has 21 heteroatoms. The number of carboxylic acids is 2. The Hall–Kier alpha value is -4.57. The number of H-pyrrole nitrogens is 1. The molecule has 1 aromatic carbocycles. The number of anilines is 1. The molecule has 0 aliphatic carbocycles. The molecule has 5 heterocycles. The lowest BCUT2D eigenvalue weighted by molar-refractivity contribution is -0.193. The number of ether oxygens (including phenoxy) is 1. The van der Waals surface area contributed by atoms with Crippen LogP contribution in [0.5, 0.6) is 0 Å². The normalized spacial score (nSPS) is 14.1. The number of thiophene rings is 1. The number of alkyl halides is 6. The van der Waals surface area contributed by atoms with E-state index in [4.69, 9.17) is 29.5 Å². The van der Waals surface area contributed by atoms with Crippen molar-refractivity contribution >= 4 is 61.2 Å². The predicted octanol–water partition coefficient (Wildman–Crippen LogP) is 7.63. The van der Waals surface area contributed by atoms with Crippen molar-refractivity contribution in [3.05, 3.63) is 82.9 Å². The lowest BCUT2D eigenvalue weighted by Gasteiger charge is -2.31. The monoisotopic (exact) mass is 835 g/mol. The maximum atomic E-state index is 13.7. The van der Waals surface area contributed by atoms with Gasteiger partial charge in [-0.15, -0.1) is 22.7 Å². The number of rotatable bonds is 11. The fourth-order valence-electron chi connectivity index (χ4n) is 5.37. The van der Waals surface area contributed by atoms with Crippen LogP contribution in [0.4, 0.5) is 32.0 Å². The van der Waals surface area contributed by atoms with E-state index in [0.717, 1.165) is 54.1 Å². The number of hydrogen-bond donors (Lipinski definition) is 3. The zero-order valence-corrected chi connectivity index (χ0v) is 31.3. The molecule has 3 N–H and O–H groups in total. The topological polar surface area (TPSA) is 166 Å². The first kappa shape index (κ1) is 43.2. The van der Waals surface area contributed by atoms with E-state index in [9.17, 15) is 34.8 Å². The van der Waals surface area contributed by atoms with Crippen molar-refractivity contribution in [2.75, 3.05) is 37.2 Å². The summed E-state index contributed by atoms with van der Waals surface area (Å²) in [6, 6.07) is 17.4. The van der Waals surface area contributed by atoms with Gasteiger partial charge in [-0.05, 0) is 68.6 Å². The minimum absolute atomic E-state index is 0.222. The number of nitrogens with one attached hydrogen (secondary N) is 1. The number of aromatic nitrogens is 3. The van der Waals surface area contributed by atoms with Crippen LogP contribution in [0.3, 0.4) is 0 Å². The molecule has 0 amide bonds. The SMILES string of the molecule is CCOCCN(c1cccc2cc(-c3ncc(CN4CCC(c5ccccn5)CC4)s3)[nH]c12)S(=O)(=O)c1cccs1.O=C(O)C(F)(F)F.O=C(O)C(F)(F)F. The smallest absolute Gasteiger partial charge is 0.475 e. The average molecular weight is 836 g/mol. The average Bonchev–Trinajstić information content (AvgIpc) is 3.93. The van der Waals surface area contributed by atoms with Crippen LogP contribution in [0.15, 0.2) is 76.6 Å². The summed E-state index contributed by atoms with van der Waals surface area (Å²) in [7, 11) is -3.74. The summed E-state index contributed by atoms with van der Waals surface area (Å²) < 4.78 is 98.1. The number of nitrogens with zero attached hydrogens (tertiary/aromatic N) is 4. The number of halogens is 6. The quantitative estimate of drug-likeness (QED) is 0.0890. The van der Waals surface area contributed by atoms with Gasteiger partial charge in [-0.2, -0.15) is 26.3 Å². The molecule has 0 atom stereocenters. The number of carboxylic acid groups (broad SMARTS) is 2. The Balaban J connectivity index is 0.000000410. The number of para-hydroxylation sites is 1. The zero-order valence-electron chi connectivity index (χ0n) is 28.9. The van der Waals surface area contributed by atoms with E-state index in [1.54, 1.807) is 28.8 Å². The summed E-state index contributed by atoms with van der Waals surface area (Å²) in [6.45, 7) is 5.92. The van der Waals surface area contributed by atoms with Crippen molar-refractivity contribution in [1.82, 2.24) is 19.9 Å². The van der Waals surface area contributed by atoms with E-state index >= 15 is 0 Å². The number of benzene rings is 1. The molecule has 1 saturated heterocycles. The Bertz CT molecular complexity index is 2080. The van der Waals surface area contributed by atoms with Crippen molar-refractivity contribution in [3.63, 3.8) is 0 Å². The van der Waals surface area contributed by atoms with Gasteiger partial charge in [0.15, 0.2) is 0 Å². The summed E-state index contributed by atoms with van der Waals surface area (Å²) >= 11 is 2.90. The molecule has 55 heavy (non-hydrogen) atoms. The number of carbonyl (C=O) groups is 2. The fourth-order valence-corrected chi connectivity index (χ4v) is 8.87. The number of aliphatic carboxylic acids is 2. The van der Waals surface area contributed by atoms with Crippen LogP contribution < -0.4 is 4.31 Å². The van der Waals surface area contributed by atoms with Crippen molar-refractivity contribution in [2.24, 2.45) is 0 Å². The molecule has 6 rings (SSSR count). The van der Waals surface area contributed by atoms with Gasteiger partial charge >= 0.3 is 24.3 Å². The molecule has 0 spiro atoms. The van der Waals surface area contributed by atoms with Crippen molar-refractivity contribution in [3.8, 4) is 10.7 Å². The van der Waals surface area contributed by atoms with Crippen LogP contribution in [0, 0.1) is 0 Å². The van der Waals surface area contributed by atoms with E-state index in [0.29, 0.717) is 29.0 Å². The molecule has 0 unspecified atom stereocenters. The number of likely N-dealkylation sites (tertiary alicyclic amines) is 1. The van der Waals surface area contributed by atoms with Gasteiger partial charge in [0.2, 0.25) is 0 Å². The van der Waals surface area contributed by atoms with Crippen LogP contribution in [-0.4, -0.2) is 95.6 Å². The molecule has 12 nitrogen and oxygen atoms in total. The third-order valence-electron chi connectivity index (χ3n) is 7.93. The zero-order chi connectivity index (χ0) is 40.4. The van der Waals surface area contributed by atoms with Gasteiger partial charge in [0.25, 0.3) is 10.0 Å². The standard InChI is InChI=1S/C30H33N5O3S3.2C2HF3O2/c1-2-38-17-16-35(41(36,37)28-10-6-18-39-28)27-9-5-7-23-19-26(33-29(23)27)30-32-20-24(40-30)21-34-14-11-22(12-15-34)25-8-3-4-13-31-25;2*3-2(4,5)1(6)7/h3-10,13,18-20,22,33H,2,11-12,14-17,21H2,1H3;2*(H,6,7). The van der Waals surface area contributed by atoms with Crippen LogP contribution in [0.2, 0.25) is 0 Å². The number of aromatic amines is 1. The highest BCUT2D eigenvalue weighted by atomic mass is 32.2. The summed E-state index contributed by atoms with van der Waals surface area (Å²) in [5, 5.41) is 17.9. The first-order chi connectivity index (χ1) is 25.9. The molecule has 298 valence electrons. The first-order valence-electron chi connectivity index (χ1n) is 16.4. The number of fused-ring (bicyclic) bond motifs is 1. The van der Waals surface area contributed by atoms with Gasteiger partial charge in [0.05, 0.1) is 30.0 Å². The Labute approximate surface area is 319 Å². The van der Waals surface area contributed by atoms with E-state index in [1.807, 2.05) is 43.6 Å². The second-order valence-corrected chi connectivity index (χ2v) is 15.8. The molecule has 0 saturated carbocycles. The van der Waals surface area contributed by atoms with Crippen LogP contribution in [0.25, 0.3) is 21.6 Å². The van der Waals surface area contributed by atoms with Crippen molar-refractivity contribution < 1.29 is 59.3 Å². The molecule has 4 aromatic heterocycles. The number of thiazole rings is 1. The Morgan fingerprint density at radius 3 is 2.22 bits per heavy atom. The third kappa shape index (κ3) is 12.0. The molecule has 0 radical (unpaired) electrons. The minimum Gasteiger partial charge on any atom is -0.475 e. The lowest BCUT2D eigenvalue weighted by Crippen LogP contribution is -2.34. The highest BCUT2D eigenvalue weighted by Crippen LogP contribution is 2.36. The van der Waals surface area contributed by atoms with Gasteiger partial charge in [-0.1, -0.05) is 24.3 Å². The number of hydrogen-bond acceptors (Lipinski definition) is 10.